The van der Waals surface area contributed by atoms with Gasteiger partial charge in [-0.3, -0.25) is 19.7 Å². The van der Waals surface area contributed by atoms with Gasteiger partial charge in [-0.2, -0.15) is 0 Å². The maximum atomic E-state index is 12.2. The van der Waals surface area contributed by atoms with Crippen LogP contribution in [0.15, 0.2) is 24.3 Å². The molecule has 3 amide bonds. The Morgan fingerprint density at radius 1 is 0.879 bits per heavy atom. The zero-order valence-electron chi connectivity index (χ0n) is 19.1. The molecule has 1 aromatic rings. The summed E-state index contributed by atoms with van der Waals surface area (Å²) < 4.78 is 15.8. The second-order valence-electron chi connectivity index (χ2n) is 7.68. The minimum absolute atomic E-state index is 0.125. The Kier molecular flexibility index (Phi) is 12.6. The van der Waals surface area contributed by atoms with Gasteiger partial charge in [-0.25, -0.2) is 0 Å². The van der Waals surface area contributed by atoms with Crippen molar-refractivity contribution in [3.63, 3.8) is 0 Å². The average molecular weight is 465 g/mol. The van der Waals surface area contributed by atoms with Gasteiger partial charge in [-0.15, -0.1) is 0 Å². The van der Waals surface area contributed by atoms with Crippen molar-refractivity contribution >= 4 is 17.7 Å². The SMILES string of the molecule is NCCCOCCOCCOCCCN.O=C1CCC(N2Cc3ccccc3C2=O)C(=O)N1. The van der Waals surface area contributed by atoms with Gasteiger partial charge in [0.2, 0.25) is 11.8 Å². The summed E-state index contributed by atoms with van der Waals surface area (Å²) in [6.07, 6.45) is 2.51. The zero-order valence-corrected chi connectivity index (χ0v) is 19.1. The number of nitrogens with one attached hydrogen (secondary N) is 1. The molecule has 1 atom stereocenters. The van der Waals surface area contributed by atoms with Crippen molar-refractivity contribution in [2.24, 2.45) is 11.5 Å². The first kappa shape index (κ1) is 26.9. The minimum Gasteiger partial charge on any atom is -0.379 e. The fourth-order valence-electron chi connectivity index (χ4n) is 3.42. The van der Waals surface area contributed by atoms with E-state index in [4.69, 9.17) is 25.7 Å². The van der Waals surface area contributed by atoms with E-state index in [-0.39, 0.29) is 24.1 Å². The van der Waals surface area contributed by atoms with Crippen LogP contribution in [0.5, 0.6) is 0 Å². The summed E-state index contributed by atoms with van der Waals surface area (Å²) in [4.78, 5) is 36.6. The van der Waals surface area contributed by atoms with Crippen molar-refractivity contribution in [3.05, 3.63) is 35.4 Å². The fourth-order valence-corrected chi connectivity index (χ4v) is 3.42. The molecule has 0 aliphatic carbocycles. The van der Waals surface area contributed by atoms with Crippen LogP contribution in [0.1, 0.15) is 41.6 Å². The summed E-state index contributed by atoms with van der Waals surface area (Å²) >= 11 is 0. The molecule has 0 bridgehead atoms. The quantitative estimate of drug-likeness (QED) is 0.277. The number of benzene rings is 1. The summed E-state index contributed by atoms with van der Waals surface area (Å²) in [6, 6.07) is 6.82. The first-order valence-corrected chi connectivity index (χ1v) is 11.4. The molecule has 2 aliphatic rings. The Hall–Kier alpha value is -2.37. The number of carbonyl (C=O) groups is 3. The van der Waals surface area contributed by atoms with Crippen LogP contribution in [0.25, 0.3) is 0 Å². The lowest BCUT2D eigenvalue weighted by molar-refractivity contribution is -0.136. The van der Waals surface area contributed by atoms with E-state index < -0.39 is 6.04 Å². The van der Waals surface area contributed by atoms with Gasteiger partial charge in [-0.1, -0.05) is 18.2 Å². The molecule has 5 N–H and O–H groups in total. The van der Waals surface area contributed by atoms with Gasteiger partial charge in [0.1, 0.15) is 6.04 Å². The predicted molar refractivity (Wildman–Crippen MR) is 122 cm³/mol. The summed E-state index contributed by atoms with van der Waals surface area (Å²) in [6.45, 7) is 5.72. The Bertz CT molecular complexity index is 748. The van der Waals surface area contributed by atoms with Crippen LogP contribution in [0.2, 0.25) is 0 Å². The van der Waals surface area contributed by atoms with Crippen molar-refractivity contribution in [1.82, 2.24) is 10.2 Å². The predicted octanol–water partition coefficient (Wildman–Crippen LogP) is 0.181. The number of hydrogen-bond acceptors (Lipinski definition) is 8. The lowest BCUT2D eigenvalue weighted by Gasteiger charge is -2.29. The normalized spacial score (nSPS) is 17.5. The number of carbonyl (C=O) groups excluding carboxylic acids is 3. The third-order valence-corrected chi connectivity index (χ3v) is 5.17. The number of amides is 3. The highest BCUT2D eigenvalue weighted by atomic mass is 16.5. The molecule has 1 fully saturated rings. The van der Waals surface area contributed by atoms with Gasteiger partial charge in [0.25, 0.3) is 5.91 Å². The van der Waals surface area contributed by atoms with E-state index in [0.717, 1.165) is 18.4 Å². The summed E-state index contributed by atoms with van der Waals surface area (Å²) in [5, 5.41) is 2.28. The highest BCUT2D eigenvalue weighted by molar-refractivity contribution is 6.05. The summed E-state index contributed by atoms with van der Waals surface area (Å²) in [5.74, 6) is -0.757. The molecule has 1 saturated heterocycles. The Balaban J connectivity index is 0.000000239. The molecule has 10 nitrogen and oxygen atoms in total. The molecule has 2 aliphatic heterocycles. The van der Waals surface area contributed by atoms with Crippen LogP contribution >= 0.6 is 0 Å². The third kappa shape index (κ3) is 9.18. The summed E-state index contributed by atoms with van der Waals surface area (Å²) in [5.41, 5.74) is 12.2. The van der Waals surface area contributed by atoms with Crippen molar-refractivity contribution in [3.8, 4) is 0 Å². The Morgan fingerprint density at radius 2 is 1.45 bits per heavy atom. The van der Waals surface area contributed by atoms with Gasteiger partial charge in [-0.05, 0) is 44.0 Å². The number of nitrogens with two attached hydrogens (primary N) is 2. The molecule has 1 aromatic carbocycles. The van der Waals surface area contributed by atoms with E-state index in [0.29, 0.717) is 71.3 Å². The number of hydrogen-bond donors (Lipinski definition) is 3. The van der Waals surface area contributed by atoms with E-state index in [9.17, 15) is 14.4 Å². The first-order valence-electron chi connectivity index (χ1n) is 11.4. The molecule has 0 aromatic heterocycles. The van der Waals surface area contributed by atoms with E-state index in [1.54, 1.807) is 11.0 Å². The Morgan fingerprint density at radius 3 is 2.00 bits per heavy atom. The van der Waals surface area contributed by atoms with E-state index in [2.05, 4.69) is 5.32 Å². The number of ether oxygens (including phenoxy) is 3. The molecule has 10 heteroatoms. The van der Waals surface area contributed by atoms with Crippen LogP contribution in [-0.2, 0) is 30.3 Å². The number of piperidine rings is 1. The zero-order chi connectivity index (χ0) is 23.9. The lowest BCUT2D eigenvalue weighted by atomic mass is 10.0. The van der Waals surface area contributed by atoms with Gasteiger partial charge in [0.05, 0.1) is 26.4 Å². The van der Waals surface area contributed by atoms with E-state index in [1.165, 1.54) is 0 Å². The van der Waals surface area contributed by atoms with Crippen LogP contribution in [0.4, 0.5) is 0 Å². The van der Waals surface area contributed by atoms with Gasteiger partial charge in [0.15, 0.2) is 0 Å². The molecule has 184 valence electrons. The molecule has 33 heavy (non-hydrogen) atoms. The van der Waals surface area contributed by atoms with Crippen LogP contribution in [0.3, 0.4) is 0 Å². The van der Waals surface area contributed by atoms with E-state index in [1.807, 2.05) is 18.2 Å². The maximum absolute atomic E-state index is 12.2. The smallest absolute Gasteiger partial charge is 0.255 e. The first-order chi connectivity index (χ1) is 16.1. The number of nitrogens with zero attached hydrogens (tertiary/aromatic N) is 1. The molecule has 0 radical (unpaired) electrons. The third-order valence-electron chi connectivity index (χ3n) is 5.17. The standard InChI is InChI=1S/C13H12N2O3.C10H24N2O3/c16-11-6-5-10(12(17)14-11)15-7-8-3-1-2-4-9(8)13(15)18;11-3-1-5-13-7-9-15-10-8-14-6-2-4-12/h1-4,10H,5-7H2,(H,14,16,17);1-12H2. The number of fused-ring (bicyclic) bond motifs is 1. The molecule has 0 spiro atoms. The Labute approximate surface area is 194 Å². The lowest BCUT2D eigenvalue weighted by Crippen LogP contribution is -2.52. The number of imide groups is 1. The second kappa shape index (κ2) is 15.5. The van der Waals surface area contributed by atoms with Crippen molar-refractivity contribution in [1.29, 1.82) is 0 Å². The van der Waals surface area contributed by atoms with Gasteiger partial charge >= 0.3 is 0 Å². The maximum Gasteiger partial charge on any atom is 0.255 e. The highest BCUT2D eigenvalue weighted by Gasteiger charge is 2.38. The van der Waals surface area contributed by atoms with Gasteiger partial charge < -0.3 is 30.6 Å². The monoisotopic (exact) mass is 464 g/mol. The molecule has 3 rings (SSSR count). The molecular formula is C23H36N4O6. The van der Waals surface area contributed by atoms with Crippen LogP contribution in [-0.4, -0.2) is 81.4 Å². The van der Waals surface area contributed by atoms with E-state index >= 15 is 0 Å². The van der Waals surface area contributed by atoms with Gasteiger partial charge in [0, 0.05) is 31.7 Å². The molecular weight excluding hydrogens is 428 g/mol. The summed E-state index contributed by atoms with van der Waals surface area (Å²) in [7, 11) is 0. The van der Waals surface area contributed by atoms with Crippen molar-refractivity contribution in [2.75, 3.05) is 52.7 Å². The fraction of sp³-hybridized carbons (Fsp3) is 0.609. The number of rotatable bonds is 13. The molecule has 0 saturated carbocycles. The van der Waals surface area contributed by atoms with Crippen molar-refractivity contribution < 1.29 is 28.6 Å². The topological polar surface area (TPSA) is 146 Å². The average Bonchev–Trinajstić information content (AvgIpc) is 3.14. The highest BCUT2D eigenvalue weighted by Crippen LogP contribution is 2.26. The second-order valence-corrected chi connectivity index (χ2v) is 7.68. The van der Waals surface area contributed by atoms with Crippen molar-refractivity contribution in [2.45, 2.75) is 38.3 Å². The molecule has 2 heterocycles. The largest absolute Gasteiger partial charge is 0.379 e. The minimum atomic E-state index is -0.525. The van der Waals surface area contributed by atoms with Crippen LogP contribution in [0, 0.1) is 0 Å². The molecule has 1 unspecified atom stereocenters. The van der Waals surface area contributed by atoms with Crippen LogP contribution < -0.4 is 16.8 Å².